The highest BCUT2D eigenvalue weighted by Gasteiger charge is 2.16. The number of rotatable bonds is 4. The third kappa shape index (κ3) is 4.23. The molecule has 8 heteroatoms. The van der Waals surface area contributed by atoms with Crippen LogP contribution in [0, 0.1) is 0 Å². The van der Waals surface area contributed by atoms with Gasteiger partial charge >= 0.3 is 6.64 Å². The van der Waals surface area contributed by atoms with Gasteiger partial charge in [0.15, 0.2) is 0 Å². The van der Waals surface area contributed by atoms with E-state index in [-0.39, 0.29) is 10.9 Å². The first-order valence-corrected chi connectivity index (χ1v) is 7.44. The van der Waals surface area contributed by atoms with Crippen molar-refractivity contribution in [2.75, 3.05) is 6.61 Å². The van der Waals surface area contributed by atoms with Crippen LogP contribution in [0.15, 0.2) is 12.3 Å². The van der Waals surface area contributed by atoms with Gasteiger partial charge in [0, 0.05) is 6.20 Å². The van der Waals surface area contributed by atoms with Crippen LogP contribution < -0.4 is 10.0 Å². The predicted molar refractivity (Wildman–Crippen MR) is 65.0 cm³/mol. The SMILES string of the molecule is CCOP(N)(=S)Oc1ncc(Cl)cc1Cl. The Morgan fingerprint density at radius 3 is 2.80 bits per heavy atom. The van der Waals surface area contributed by atoms with Crippen LogP contribution in [0.1, 0.15) is 6.92 Å². The number of pyridine rings is 1. The van der Waals surface area contributed by atoms with Gasteiger partial charge in [0.1, 0.15) is 5.02 Å². The molecule has 4 nitrogen and oxygen atoms in total. The molecule has 1 aromatic heterocycles. The van der Waals surface area contributed by atoms with Crippen LogP contribution in [0.25, 0.3) is 0 Å². The Morgan fingerprint density at radius 1 is 1.60 bits per heavy atom. The molecule has 1 aromatic rings. The molecule has 0 spiro atoms. The van der Waals surface area contributed by atoms with Crippen molar-refractivity contribution in [1.29, 1.82) is 0 Å². The Bertz CT molecular complexity index is 405. The van der Waals surface area contributed by atoms with Gasteiger partial charge in [0.25, 0.3) is 0 Å². The summed E-state index contributed by atoms with van der Waals surface area (Å²) in [6.07, 6.45) is 1.39. The van der Waals surface area contributed by atoms with Crippen molar-refractivity contribution in [2.45, 2.75) is 6.92 Å². The van der Waals surface area contributed by atoms with E-state index < -0.39 is 6.64 Å². The van der Waals surface area contributed by atoms with Crippen LogP contribution in [0.4, 0.5) is 0 Å². The first kappa shape index (κ1) is 13.2. The fraction of sp³-hybridized carbons (Fsp3) is 0.286. The maximum absolute atomic E-state index is 5.82. The molecule has 1 unspecified atom stereocenters. The largest absolute Gasteiger partial charge is 0.413 e. The minimum absolute atomic E-state index is 0.139. The van der Waals surface area contributed by atoms with E-state index in [0.29, 0.717) is 11.6 Å². The van der Waals surface area contributed by atoms with E-state index in [1.165, 1.54) is 12.3 Å². The molecule has 0 aliphatic heterocycles. The maximum Gasteiger partial charge on any atom is 0.311 e. The zero-order valence-electron chi connectivity index (χ0n) is 7.81. The molecule has 0 aliphatic rings. The molecule has 0 aromatic carbocycles. The first-order chi connectivity index (χ1) is 6.94. The molecular formula is C7H9Cl2N2O2PS. The summed E-state index contributed by atoms with van der Waals surface area (Å²) in [6.45, 7) is -0.667. The normalized spacial score (nSPS) is 14.7. The van der Waals surface area contributed by atoms with E-state index in [0.717, 1.165) is 0 Å². The van der Waals surface area contributed by atoms with Gasteiger partial charge < -0.3 is 9.05 Å². The van der Waals surface area contributed by atoms with Gasteiger partial charge in [0.2, 0.25) is 5.88 Å². The second kappa shape index (κ2) is 5.43. The molecule has 0 aliphatic carbocycles. The van der Waals surface area contributed by atoms with Gasteiger partial charge in [-0.2, -0.15) is 0 Å². The van der Waals surface area contributed by atoms with E-state index >= 15 is 0 Å². The molecule has 1 atom stereocenters. The van der Waals surface area contributed by atoms with Crippen molar-refractivity contribution in [1.82, 2.24) is 4.98 Å². The van der Waals surface area contributed by atoms with Gasteiger partial charge in [-0.15, -0.1) is 0 Å². The predicted octanol–water partition coefficient (Wildman–Crippen LogP) is 2.99. The van der Waals surface area contributed by atoms with Gasteiger partial charge in [0.05, 0.1) is 11.6 Å². The summed E-state index contributed by atoms with van der Waals surface area (Å²) in [7, 11) is 0. The van der Waals surface area contributed by atoms with E-state index in [4.69, 9.17) is 49.6 Å². The van der Waals surface area contributed by atoms with Crippen LogP contribution in [0.2, 0.25) is 10.0 Å². The van der Waals surface area contributed by atoms with Crippen molar-refractivity contribution in [2.24, 2.45) is 5.50 Å². The number of hydrogen-bond acceptors (Lipinski definition) is 4. The molecule has 0 radical (unpaired) electrons. The molecule has 84 valence electrons. The maximum atomic E-state index is 5.82. The molecule has 0 bridgehead atoms. The molecular weight excluding hydrogens is 278 g/mol. The van der Waals surface area contributed by atoms with Crippen molar-refractivity contribution >= 4 is 41.7 Å². The molecule has 0 saturated carbocycles. The summed E-state index contributed by atoms with van der Waals surface area (Å²) < 4.78 is 10.3. The topological polar surface area (TPSA) is 57.4 Å². The minimum Gasteiger partial charge on any atom is -0.413 e. The zero-order valence-corrected chi connectivity index (χ0v) is 11.0. The molecule has 0 saturated heterocycles. The van der Waals surface area contributed by atoms with Crippen LogP contribution >= 0.6 is 29.8 Å². The summed E-state index contributed by atoms with van der Waals surface area (Å²) >= 11 is 16.4. The second-order valence-corrected chi connectivity index (χ2v) is 6.38. The zero-order chi connectivity index (χ0) is 11.5. The number of hydrogen-bond donors (Lipinski definition) is 1. The Hall–Kier alpha value is 0.100. The van der Waals surface area contributed by atoms with E-state index in [2.05, 4.69) is 4.98 Å². The molecule has 0 amide bonds. The van der Waals surface area contributed by atoms with Crippen molar-refractivity contribution in [3.8, 4) is 5.88 Å². The molecule has 2 N–H and O–H groups in total. The number of nitrogens with zero attached hydrogens (tertiary/aromatic N) is 1. The van der Waals surface area contributed by atoms with Gasteiger partial charge in [-0.1, -0.05) is 23.2 Å². The lowest BCUT2D eigenvalue weighted by molar-refractivity contribution is 0.329. The number of aromatic nitrogens is 1. The van der Waals surface area contributed by atoms with Crippen LogP contribution in [-0.4, -0.2) is 11.6 Å². The fourth-order valence-corrected chi connectivity index (χ4v) is 2.60. The lowest BCUT2D eigenvalue weighted by Crippen LogP contribution is -2.07. The Labute approximate surface area is 103 Å². The molecule has 1 heterocycles. The number of halogens is 2. The van der Waals surface area contributed by atoms with Crippen LogP contribution in [-0.2, 0) is 16.3 Å². The van der Waals surface area contributed by atoms with Gasteiger partial charge in [-0.3, -0.25) is 0 Å². The monoisotopic (exact) mass is 286 g/mol. The van der Waals surface area contributed by atoms with Gasteiger partial charge in [-0.05, 0) is 24.8 Å². The highest BCUT2D eigenvalue weighted by Crippen LogP contribution is 2.42. The lowest BCUT2D eigenvalue weighted by Gasteiger charge is -2.16. The summed E-state index contributed by atoms with van der Waals surface area (Å²) in [4.78, 5) is 3.86. The summed E-state index contributed by atoms with van der Waals surface area (Å²) in [5.74, 6) is 0.139. The fourth-order valence-electron chi connectivity index (χ4n) is 0.796. The average molecular weight is 287 g/mol. The summed E-state index contributed by atoms with van der Waals surface area (Å²) in [6, 6.07) is 1.49. The Morgan fingerprint density at radius 2 is 2.27 bits per heavy atom. The van der Waals surface area contributed by atoms with E-state index in [9.17, 15) is 0 Å². The van der Waals surface area contributed by atoms with E-state index in [1.54, 1.807) is 6.92 Å². The first-order valence-electron chi connectivity index (χ1n) is 3.98. The average Bonchev–Trinajstić information content (AvgIpc) is 2.09. The highest BCUT2D eigenvalue weighted by atomic mass is 35.5. The molecule has 15 heavy (non-hydrogen) atoms. The molecule has 1 rings (SSSR count). The smallest absolute Gasteiger partial charge is 0.311 e. The van der Waals surface area contributed by atoms with Crippen molar-refractivity contribution in [3.05, 3.63) is 22.3 Å². The Balaban J connectivity index is 2.85. The van der Waals surface area contributed by atoms with Crippen LogP contribution in [0.5, 0.6) is 5.88 Å². The third-order valence-electron chi connectivity index (χ3n) is 1.30. The third-order valence-corrected chi connectivity index (χ3v) is 3.36. The van der Waals surface area contributed by atoms with Crippen molar-refractivity contribution < 1.29 is 9.05 Å². The quantitative estimate of drug-likeness (QED) is 0.863. The van der Waals surface area contributed by atoms with Gasteiger partial charge in [-0.25, -0.2) is 10.5 Å². The summed E-state index contributed by atoms with van der Waals surface area (Å²) in [5.41, 5.74) is 5.62. The number of nitrogens with two attached hydrogens (primary N) is 1. The Kier molecular flexibility index (Phi) is 4.77. The van der Waals surface area contributed by atoms with Crippen molar-refractivity contribution in [3.63, 3.8) is 0 Å². The lowest BCUT2D eigenvalue weighted by atomic mass is 10.5. The minimum atomic E-state index is -2.81. The summed E-state index contributed by atoms with van der Waals surface area (Å²) in [5, 5.41) is 0.663. The molecule has 0 fully saturated rings. The standard InChI is InChI=1S/C7H9Cl2N2O2PS/c1-2-12-14(10,15)13-7-6(9)3-5(8)4-11-7/h3-4H,2H2,1H3,(H2,10,15). The van der Waals surface area contributed by atoms with Crippen LogP contribution in [0.3, 0.4) is 0 Å². The second-order valence-electron chi connectivity index (χ2n) is 2.49. The highest BCUT2D eigenvalue weighted by molar-refractivity contribution is 8.09. The van der Waals surface area contributed by atoms with E-state index in [1.807, 2.05) is 0 Å².